The Balaban J connectivity index is -0.000000185. The van der Waals surface area contributed by atoms with Gasteiger partial charge in [-0.1, -0.05) is 378 Å². The predicted octanol–water partition coefficient (Wildman–Crippen LogP) is 34.8. The monoisotopic (exact) mass is 1690 g/mol. The van der Waals surface area contributed by atoms with Crippen LogP contribution in [0.2, 0.25) is 0 Å². The third-order valence-electron chi connectivity index (χ3n) is 16.9. The zero-order valence-electron chi connectivity index (χ0n) is 82.4. The van der Waals surface area contributed by atoms with Crippen LogP contribution in [0.25, 0.3) is 42.1 Å². The first kappa shape index (κ1) is 126. The molecule has 4 aromatic heterocycles. The molecule has 5 aliphatic carbocycles. The number of allylic oxidation sites excluding steroid dienone is 6. The van der Waals surface area contributed by atoms with Crippen LogP contribution in [-0.4, -0.2) is 71.5 Å². The van der Waals surface area contributed by atoms with E-state index in [-0.39, 0.29) is 23.6 Å². The van der Waals surface area contributed by atoms with Gasteiger partial charge >= 0.3 is 12.1 Å². The Morgan fingerprint density at radius 3 is 1.08 bits per heavy atom. The number of benzene rings is 4. The summed E-state index contributed by atoms with van der Waals surface area (Å²) in [6, 6.07) is 36.1. The second-order valence-electron chi connectivity index (χ2n) is 25.6. The third kappa shape index (κ3) is 60.9. The van der Waals surface area contributed by atoms with E-state index in [0.29, 0.717) is 12.8 Å². The van der Waals surface area contributed by atoms with Crippen molar-refractivity contribution in [3.8, 4) is 0 Å². The Bertz CT molecular complexity index is 3490. The first-order valence-electron chi connectivity index (χ1n) is 45.8. The predicted molar refractivity (Wildman–Crippen MR) is 531 cm³/mol. The van der Waals surface area contributed by atoms with Crippen LogP contribution in [0.5, 0.6) is 0 Å². The van der Waals surface area contributed by atoms with Gasteiger partial charge in [-0.15, -0.1) is 22.7 Å². The van der Waals surface area contributed by atoms with Crippen molar-refractivity contribution >= 4 is 100 Å². The fourth-order valence-electron chi connectivity index (χ4n) is 10.5. The largest absolute Gasteiger partial charge is 0.464 e. The summed E-state index contributed by atoms with van der Waals surface area (Å²) in [4.78, 5) is 66.7. The van der Waals surface area contributed by atoms with Crippen LogP contribution < -0.4 is 0 Å². The molecule has 15 heteroatoms. The van der Waals surface area contributed by atoms with E-state index in [4.69, 9.17) is 8.83 Å². The molecule has 1 saturated heterocycles. The highest BCUT2D eigenvalue weighted by Gasteiger charge is 2.24. The number of hydrogen-bond acceptors (Lipinski definition) is 10. The number of azo groups is 1. The fourth-order valence-corrected chi connectivity index (χ4v) is 12.3. The Morgan fingerprint density at radius 2 is 0.782 bits per heavy atom. The van der Waals surface area contributed by atoms with E-state index in [1.54, 1.807) is 6.26 Å². The van der Waals surface area contributed by atoms with Gasteiger partial charge in [0, 0.05) is 71.2 Å². The van der Waals surface area contributed by atoms with Gasteiger partial charge in [-0.3, -0.25) is 29.0 Å². The summed E-state index contributed by atoms with van der Waals surface area (Å²) in [5, 5.41) is 13.3. The summed E-state index contributed by atoms with van der Waals surface area (Å²) in [6.07, 6.45) is 39.9. The number of rotatable bonds is 0. The maximum atomic E-state index is 10.5. The van der Waals surface area contributed by atoms with E-state index in [2.05, 4.69) is 161 Å². The topological polar surface area (TPSA) is 163 Å². The number of para-hydroxylation sites is 2. The van der Waals surface area contributed by atoms with Gasteiger partial charge in [-0.25, -0.2) is 14.5 Å². The molecule has 7 heterocycles. The minimum Gasteiger partial charge on any atom is -0.464 e. The van der Waals surface area contributed by atoms with Crippen molar-refractivity contribution in [2.45, 2.75) is 338 Å². The van der Waals surface area contributed by atoms with E-state index >= 15 is 0 Å². The smallest absolute Gasteiger partial charge is 0.370 e. The summed E-state index contributed by atoms with van der Waals surface area (Å²) >= 11 is 3.67. The van der Waals surface area contributed by atoms with Crippen molar-refractivity contribution in [1.82, 2.24) is 14.7 Å². The summed E-state index contributed by atoms with van der Waals surface area (Å²) < 4.78 is 13.4. The van der Waals surface area contributed by atoms with Crippen LogP contribution >= 0.6 is 22.7 Å². The lowest BCUT2D eigenvalue weighted by atomic mass is 9.91. The molecule has 0 spiro atoms. The van der Waals surface area contributed by atoms with E-state index in [0.717, 1.165) is 56.3 Å². The summed E-state index contributed by atoms with van der Waals surface area (Å²) in [7, 11) is 4.28. The molecular formula is C104H175N5O8S2. The van der Waals surface area contributed by atoms with Crippen LogP contribution in [0.1, 0.15) is 332 Å². The van der Waals surface area contributed by atoms with Gasteiger partial charge in [0.05, 0.1) is 6.26 Å². The molecule has 2 saturated carbocycles. The number of carbonyl (C=O) groups excluding carboxylic acids is 6. The average Bonchev–Trinajstić information content (AvgIpc) is 1.76. The standard InChI is InChI=1S/2C9H8O.2C9H8S.C7H14.C7H12.C6H12.C6H10.C5H7NO2.C5H5NO2.C5H8.C3H3N3O2.12C2H6/c1-7-6-10-9-5-3-2-4-8(7)9;1-7-6-8-4-2-3-5-9(8)10-7;1-7-6-10-9-5-3-2-4-8(7)9;1-7-6-8-4-2-3-5-9(8)10-7;2*1-7-5-3-2-4-6-7;2*1-6-4-2-3-5-6;2*1-6-4(7)2-3-5(6)8;1-5-3-2-4-5;1-6-2(7)4-5-3(6)8;12*1-2/h4*2-6H,1H3;7H,2-6H2,1H3;2-3,7H,4-6H2,1H3;6H,2-5H2,1H3;2-3,6H,4-5H2,1H3;2-3H2,1H3;2-3H,1H3;2-3,5H,4H2,1H3;1H3;12*1-2H3. The molecule has 8 aromatic rings. The number of hydrogen-bond donors (Lipinski definition) is 0. The highest BCUT2D eigenvalue weighted by Crippen LogP contribution is 2.27. The molecule has 0 bridgehead atoms. The molecule has 16 rings (SSSR count). The van der Waals surface area contributed by atoms with Crippen LogP contribution in [0.3, 0.4) is 0 Å². The highest BCUT2D eigenvalue weighted by molar-refractivity contribution is 7.19. The third-order valence-corrected chi connectivity index (χ3v) is 19.0. The van der Waals surface area contributed by atoms with Crippen LogP contribution in [0.15, 0.2) is 189 Å². The van der Waals surface area contributed by atoms with E-state index < -0.39 is 12.1 Å². The van der Waals surface area contributed by atoms with Gasteiger partial charge < -0.3 is 8.83 Å². The van der Waals surface area contributed by atoms with Crippen molar-refractivity contribution < 1.29 is 37.6 Å². The molecule has 0 N–H and O–H groups in total. The zero-order valence-corrected chi connectivity index (χ0v) is 84.0. The number of amides is 8. The Morgan fingerprint density at radius 1 is 0.387 bits per heavy atom. The lowest BCUT2D eigenvalue weighted by Crippen LogP contribution is -2.24. The molecule has 0 radical (unpaired) electrons. The average molecular weight is 1690 g/mol. The number of aryl methyl sites for hydroxylation is 4. The molecule has 119 heavy (non-hydrogen) atoms. The second kappa shape index (κ2) is 89.1. The summed E-state index contributed by atoms with van der Waals surface area (Å²) in [5.74, 6) is 5.22. The first-order chi connectivity index (χ1) is 57.6. The van der Waals surface area contributed by atoms with Gasteiger partial charge in [0.25, 0.3) is 11.8 Å². The lowest BCUT2D eigenvalue weighted by molar-refractivity contribution is -0.137. The molecule has 2 atom stereocenters. The van der Waals surface area contributed by atoms with Crippen molar-refractivity contribution in [1.29, 1.82) is 0 Å². The van der Waals surface area contributed by atoms with E-state index in [1.807, 2.05) is 251 Å². The van der Waals surface area contributed by atoms with Gasteiger partial charge in [-0.05, 0) is 159 Å². The van der Waals surface area contributed by atoms with Crippen LogP contribution in [-0.2, 0) is 19.2 Å². The minimum atomic E-state index is -0.602. The van der Waals surface area contributed by atoms with Crippen LogP contribution in [0.4, 0.5) is 9.59 Å². The molecule has 3 aliphatic heterocycles. The van der Waals surface area contributed by atoms with Crippen molar-refractivity contribution in [2.75, 3.05) is 21.1 Å². The normalized spacial score (nSPS) is 15.1. The van der Waals surface area contributed by atoms with Crippen LogP contribution in [0, 0.1) is 57.3 Å². The number of imide groups is 3. The number of likely N-dealkylation sites (N-methyl/N-ethyl adjacent to an activating group) is 1. The lowest BCUT2D eigenvalue weighted by Gasteiger charge is -2.15. The summed E-state index contributed by atoms with van der Waals surface area (Å²) in [5.41, 5.74) is 4.54. The molecule has 13 nitrogen and oxygen atoms in total. The number of thiophene rings is 2. The molecule has 676 valence electrons. The number of fused-ring (bicyclic) bond motifs is 4. The number of carbonyl (C=O) groups is 6. The quantitative estimate of drug-likeness (QED) is 0.107. The fraction of sp³-hybridized carbons (Fsp3) is 0.558. The molecule has 2 unspecified atom stereocenters. The van der Waals surface area contributed by atoms with E-state index in [9.17, 15) is 28.8 Å². The van der Waals surface area contributed by atoms with Crippen molar-refractivity contribution in [2.24, 2.45) is 39.8 Å². The molecule has 8 amide bonds. The van der Waals surface area contributed by atoms with Gasteiger partial charge in [-0.2, -0.15) is 0 Å². The van der Waals surface area contributed by atoms with Crippen molar-refractivity contribution in [3.05, 3.63) is 191 Å². The van der Waals surface area contributed by atoms with E-state index in [1.165, 1.54) is 181 Å². The highest BCUT2D eigenvalue weighted by atomic mass is 32.1. The summed E-state index contributed by atoms with van der Waals surface area (Å²) in [6.45, 7) is 67.8. The molecule has 3 fully saturated rings. The maximum absolute atomic E-state index is 10.5. The SMILES string of the molecule is CC.CC.CC.CC.CC.CC.CC.CC.CC.CC.CC.CC.CC1C=CC1.CC1CC=CC1.CC1CC=CCC1.CC1CCCC1.CC1CCCCC1.CN1C(=O)C=CC1=O.CN1C(=O)CCC1=O.CN1C(=O)N=NC1=O.Cc1cc2ccccc2o1.Cc1cc2ccccc2s1.Cc1coc2ccccc12.Cc1csc2ccccc12. The van der Waals surface area contributed by atoms with Crippen molar-refractivity contribution in [3.63, 3.8) is 0 Å². The number of urea groups is 2. The maximum Gasteiger partial charge on any atom is 0.370 e. The molecule has 4 aromatic carbocycles. The number of furan rings is 2. The second-order valence-corrected chi connectivity index (χ2v) is 27.8. The Kier molecular flexibility index (Phi) is 94.7. The molecule has 8 aliphatic rings. The number of likely N-dealkylation sites (tertiary alicyclic amines) is 1. The Hall–Kier alpha value is -8.14. The zero-order chi connectivity index (χ0) is 93.1. The van der Waals surface area contributed by atoms with Gasteiger partial charge in [0.1, 0.15) is 16.9 Å². The molecular weight excluding hydrogens is 1510 g/mol. The number of nitrogens with zero attached hydrogens (tertiary/aromatic N) is 5. The van der Waals surface area contributed by atoms with Gasteiger partial charge in [0.15, 0.2) is 0 Å². The minimum absolute atomic E-state index is 0.0602. The first-order valence-corrected chi connectivity index (χ1v) is 47.5. The van der Waals surface area contributed by atoms with Gasteiger partial charge in [0.2, 0.25) is 11.8 Å². The Labute approximate surface area is 737 Å².